The molecule has 1 aromatic carbocycles. The second-order valence-corrected chi connectivity index (χ2v) is 5.92. The number of thioether (sulfide) groups is 1. The predicted molar refractivity (Wildman–Crippen MR) is 92.6 cm³/mol. The molecule has 0 spiro atoms. The standard InChI is InChI=1S/C16H22N4O3S/c1-4-22-13-5-7-14(8-6-13)23-10-9-17-15(21)11-24-16-19-18-12(2)20(16)3/h5-8H,4,9-11H2,1-3H3,(H,17,21). The van der Waals surface area contributed by atoms with Crippen LogP contribution in [0.5, 0.6) is 11.5 Å². The van der Waals surface area contributed by atoms with Crippen LogP contribution in [0.2, 0.25) is 0 Å². The van der Waals surface area contributed by atoms with Crippen molar-refractivity contribution in [3.63, 3.8) is 0 Å². The maximum atomic E-state index is 11.8. The highest BCUT2D eigenvalue weighted by molar-refractivity contribution is 7.99. The average molecular weight is 350 g/mol. The van der Waals surface area contributed by atoms with Crippen molar-refractivity contribution in [1.29, 1.82) is 0 Å². The van der Waals surface area contributed by atoms with Gasteiger partial charge in [-0.3, -0.25) is 4.79 Å². The predicted octanol–water partition coefficient (Wildman–Crippen LogP) is 1.81. The van der Waals surface area contributed by atoms with Gasteiger partial charge in [0.25, 0.3) is 0 Å². The number of hydrogen-bond donors (Lipinski definition) is 1. The van der Waals surface area contributed by atoms with Gasteiger partial charge in [0.05, 0.1) is 18.9 Å². The number of benzene rings is 1. The molecule has 130 valence electrons. The molecule has 0 aliphatic carbocycles. The highest BCUT2D eigenvalue weighted by Gasteiger charge is 2.08. The molecule has 1 heterocycles. The van der Waals surface area contributed by atoms with E-state index in [1.54, 1.807) is 0 Å². The summed E-state index contributed by atoms with van der Waals surface area (Å²) in [5, 5.41) is 11.5. The van der Waals surface area contributed by atoms with E-state index in [4.69, 9.17) is 9.47 Å². The summed E-state index contributed by atoms with van der Waals surface area (Å²) in [6.07, 6.45) is 0. The SMILES string of the molecule is CCOc1ccc(OCCNC(=O)CSc2nnc(C)n2C)cc1. The van der Waals surface area contributed by atoms with Crippen LogP contribution in [0.25, 0.3) is 0 Å². The monoisotopic (exact) mass is 350 g/mol. The van der Waals surface area contributed by atoms with Gasteiger partial charge >= 0.3 is 0 Å². The Bertz CT molecular complexity index is 658. The van der Waals surface area contributed by atoms with Gasteiger partial charge in [0.1, 0.15) is 23.9 Å². The van der Waals surface area contributed by atoms with E-state index in [2.05, 4.69) is 15.5 Å². The van der Waals surface area contributed by atoms with Crippen LogP contribution in [-0.2, 0) is 11.8 Å². The zero-order valence-corrected chi connectivity index (χ0v) is 14.9. The van der Waals surface area contributed by atoms with Crippen molar-refractivity contribution >= 4 is 17.7 Å². The zero-order valence-electron chi connectivity index (χ0n) is 14.1. The smallest absolute Gasteiger partial charge is 0.230 e. The first kappa shape index (κ1) is 18.1. The molecule has 8 heteroatoms. The van der Waals surface area contributed by atoms with E-state index in [0.29, 0.717) is 25.5 Å². The molecular weight excluding hydrogens is 328 g/mol. The highest BCUT2D eigenvalue weighted by Crippen LogP contribution is 2.17. The fraction of sp³-hybridized carbons (Fsp3) is 0.438. The number of nitrogens with one attached hydrogen (secondary N) is 1. The van der Waals surface area contributed by atoms with E-state index in [0.717, 1.165) is 22.5 Å². The number of ether oxygens (including phenoxy) is 2. The van der Waals surface area contributed by atoms with Gasteiger partial charge in [0.15, 0.2) is 5.16 Å². The Morgan fingerprint density at radius 1 is 1.21 bits per heavy atom. The van der Waals surface area contributed by atoms with Crippen LogP contribution in [-0.4, -0.2) is 46.2 Å². The molecule has 0 radical (unpaired) electrons. The van der Waals surface area contributed by atoms with Gasteiger partial charge in [-0.05, 0) is 38.1 Å². The molecule has 24 heavy (non-hydrogen) atoms. The van der Waals surface area contributed by atoms with Gasteiger partial charge in [0.2, 0.25) is 5.91 Å². The Labute approximate surface area is 145 Å². The number of nitrogens with zero attached hydrogens (tertiary/aromatic N) is 3. The summed E-state index contributed by atoms with van der Waals surface area (Å²) in [6.45, 7) is 5.31. The summed E-state index contributed by atoms with van der Waals surface area (Å²) >= 11 is 1.36. The van der Waals surface area contributed by atoms with Crippen LogP contribution in [0.1, 0.15) is 12.7 Å². The molecule has 1 amide bonds. The van der Waals surface area contributed by atoms with Crippen LogP contribution in [0, 0.1) is 6.92 Å². The molecule has 2 aromatic rings. The molecule has 0 saturated heterocycles. The lowest BCUT2D eigenvalue weighted by Crippen LogP contribution is -2.29. The zero-order chi connectivity index (χ0) is 17.4. The molecule has 7 nitrogen and oxygen atoms in total. The molecule has 1 N–H and O–H groups in total. The normalized spacial score (nSPS) is 10.5. The van der Waals surface area contributed by atoms with E-state index in [1.807, 2.05) is 49.7 Å². The first-order valence-electron chi connectivity index (χ1n) is 7.71. The topological polar surface area (TPSA) is 78.3 Å². The van der Waals surface area contributed by atoms with Crippen molar-refractivity contribution in [2.24, 2.45) is 7.05 Å². The van der Waals surface area contributed by atoms with E-state index >= 15 is 0 Å². The lowest BCUT2D eigenvalue weighted by molar-refractivity contribution is -0.118. The first-order chi connectivity index (χ1) is 11.6. The van der Waals surface area contributed by atoms with Crippen LogP contribution in [0.15, 0.2) is 29.4 Å². The van der Waals surface area contributed by atoms with Gasteiger partial charge in [-0.25, -0.2) is 0 Å². The van der Waals surface area contributed by atoms with Crippen LogP contribution < -0.4 is 14.8 Å². The van der Waals surface area contributed by atoms with Crippen molar-refractivity contribution in [1.82, 2.24) is 20.1 Å². The molecule has 0 fully saturated rings. The lowest BCUT2D eigenvalue weighted by atomic mass is 10.3. The summed E-state index contributed by atoms with van der Waals surface area (Å²) in [4.78, 5) is 11.8. The molecule has 0 aliphatic heterocycles. The number of hydrogen-bond acceptors (Lipinski definition) is 6. The average Bonchev–Trinajstić information content (AvgIpc) is 2.90. The second-order valence-electron chi connectivity index (χ2n) is 4.98. The molecule has 0 unspecified atom stereocenters. The van der Waals surface area contributed by atoms with E-state index in [-0.39, 0.29) is 5.91 Å². The van der Waals surface area contributed by atoms with Crippen molar-refractivity contribution in [3.05, 3.63) is 30.1 Å². The summed E-state index contributed by atoms with van der Waals surface area (Å²) in [7, 11) is 1.88. The Kier molecular flexibility index (Phi) is 6.92. The van der Waals surface area contributed by atoms with E-state index in [1.165, 1.54) is 11.8 Å². The second kappa shape index (κ2) is 9.17. The fourth-order valence-corrected chi connectivity index (χ4v) is 2.64. The minimum atomic E-state index is -0.0593. The fourth-order valence-electron chi connectivity index (χ4n) is 1.85. The van der Waals surface area contributed by atoms with Crippen molar-refractivity contribution in [2.45, 2.75) is 19.0 Å². The number of aromatic nitrogens is 3. The maximum absolute atomic E-state index is 11.8. The maximum Gasteiger partial charge on any atom is 0.230 e. The summed E-state index contributed by atoms with van der Waals surface area (Å²) in [6, 6.07) is 7.41. The third-order valence-corrected chi connectivity index (χ3v) is 4.23. The van der Waals surface area contributed by atoms with Crippen LogP contribution in [0.3, 0.4) is 0 Å². The third kappa shape index (κ3) is 5.45. The summed E-state index contributed by atoms with van der Waals surface area (Å²) in [5.41, 5.74) is 0. The Hall–Kier alpha value is -2.22. The van der Waals surface area contributed by atoms with Gasteiger partial charge < -0.3 is 19.4 Å². The van der Waals surface area contributed by atoms with Gasteiger partial charge in [0, 0.05) is 7.05 Å². The summed E-state index contributed by atoms with van der Waals surface area (Å²) < 4.78 is 12.8. The number of carbonyl (C=O) groups excluding carboxylic acids is 1. The van der Waals surface area contributed by atoms with Gasteiger partial charge in [-0.2, -0.15) is 0 Å². The first-order valence-corrected chi connectivity index (χ1v) is 8.70. The molecule has 2 rings (SSSR count). The number of amides is 1. The number of aryl methyl sites for hydroxylation is 1. The number of carbonyl (C=O) groups is 1. The van der Waals surface area contributed by atoms with Crippen molar-refractivity contribution < 1.29 is 14.3 Å². The van der Waals surface area contributed by atoms with E-state index in [9.17, 15) is 4.79 Å². The van der Waals surface area contributed by atoms with Gasteiger partial charge in [-0.1, -0.05) is 11.8 Å². The van der Waals surface area contributed by atoms with Crippen LogP contribution in [0.4, 0.5) is 0 Å². The highest BCUT2D eigenvalue weighted by atomic mass is 32.2. The minimum absolute atomic E-state index is 0.0593. The third-order valence-electron chi connectivity index (χ3n) is 3.21. The molecule has 0 atom stereocenters. The lowest BCUT2D eigenvalue weighted by Gasteiger charge is -2.08. The molecular formula is C16H22N4O3S. The molecule has 0 saturated carbocycles. The Morgan fingerprint density at radius 2 is 1.88 bits per heavy atom. The largest absolute Gasteiger partial charge is 0.494 e. The Morgan fingerprint density at radius 3 is 2.46 bits per heavy atom. The Balaban J connectivity index is 1.63. The van der Waals surface area contributed by atoms with Crippen molar-refractivity contribution in [3.8, 4) is 11.5 Å². The quantitative estimate of drug-likeness (QED) is 0.549. The molecule has 1 aromatic heterocycles. The molecule has 0 aliphatic rings. The number of rotatable bonds is 9. The molecule has 0 bridgehead atoms. The summed E-state index contributed by atoms with van der Waals surface area (Å²) in [5.74, 6) is 2.62. The van der Waals surface area contributed by atoms with E-state index < -0.39 is 0 Å². The van der Waals surface area contributed by atoms with Crippen molar-refractivity contribution in [2.75, 3.05) is 25.5 Å². The van der Waals surface area contributed by atoms with Gasteiger partial charge in [-0.15, -0.1) is 10.2 Å². The van der Waals surface area contributed by atoms with Crippen LogP contribution >= 0.6 is 11.8 Å². The minimum Gasteiger partial charge on any atom is -0.494 e.